The van der Waals surface area contributed by atoms with Gasteiger partial charge in [-0.05, 0) is 12.1 Å². The Labute approximate surface area is 92.5 Å². The van der Waals surface area contributed by atoms with Crippen LogP contribution in [0.25, 0.3) is 10.9 Å². The number of phenols is 1. The summed E-state index contributed by atoms with van der Waals surface area (Å²) in [5, 5.41) is 13.4. The van der Waals surface area contributed by atoms with Gasteiger partial charge in [-0.1, -0.05) is 0 Å². The van der Waals surface area contributed by atoms with E-state index in [1.807, 2.05) is 10.6 Å². The minimum Gasteiger partial charge on any atom is -0.508 e. The third kappa shape index (κ3) is 1.38. The fourth-order valence-corrected chi connectivity index (χ4v) is 2.40. The van der Waals surface area contributed by atoms with Gasteiger partial charge in [0, 0.05) is 43.2 Å². The highest BCUT2D eigenvalue weighted by Crippen LogP contribution is 2.27. The highest BCUT2D eigenvalue weighted by atomic mass is 19.1. The lowest BCUT2D eigenvalue weighted by Gasteiger charge is -2.06. The molecule has 0 unspecified atom stereocenters. The molecule has 0 fully saturated rings. The van der Waals surface area contributed by atoms with Crippen molar-refractivity contribution in [1.29, 1.82) is 0 Å². The molecule has 0 radical (unpaired) electrons. The minimum absolute atomic E-state index is 0.0103. The fourth-order valence-electron chi connectivity index (χ4n) is 2.40. The second kappa shape index (κ2) is 3.49. The number of halogens is 1. The molecule has 0 saturated heterocycles. The van der Waals surface area contributed by atoms with Gasteiger partial charge in [-0.15, -0.1) is 0 Å². The lowest BCUT2D eigenvalue weighted by molar-refractivity contribution is 0.470. The number of aromatic nitrogens is 1. The molecule has 2 aromatic rings. The number of benzene rings is 1. The molecule has 2 heterocycles. The predicted octanol–water partition coefficient (Wildman–Crippen LogP) is 1.63. The van der Waals surface area contributed by atoms with Crippen molar-refractivity contribution < 1.29 is 9.50 Å². The molecule has 1 aliphatic rings. The van der Waals surface area contributed by atoms with Crippen LogP contribution >= 0.6 is 0 Å². The Morgan fingerprint density at radius 2 is 2.12 bits per heavy atom. The first kappa shape index (κ1) is 9.66. The van der Waals surface area contributed by atoms with E-state index in [0.717, 1.165) is 37.1 Å². The van der Waals surface area contributed by atoms with Crippen LogP contribution in [0.3, 0.4) is 0 Å². The van der Waals surface area contributed by atoms with Crippen molar-refractivity contribution in [2.45, 2.75) is 13.0 Å². The van der Waals surface area contributed by atoms with Gasteiger partial charge in [-0.2, -0.15) is 0 Å². The Kier molecular flexibility index (Phi) is 2.11. The Morgan fingerprint density at radius 1 is 1.25 bits per heavy atom. The third-order valence-corrected chi connectivity index (χ3v) is 3.09. The third-order valence-electron chi connectivity index (χ3n) is 3.09. The Hall–Kier alpha value is -1.55. The predicted molar refractivity (Wildman–Crippen MR) is 60.1 cm³/mol. The van der Waals surface area contributed by atoms with Crippen molar-refractivity contribution in [3.8, 4) is 5.75 Å². The molecular formula is C12H13FN2O. The van der Waals surface area contributed by atoms with E-state index in [1.54, 1.807) is 6.07 Å². The maximum absolute atomic E-state index is 13.8. The van der Waals surface area contributed by atoms with Crippen molar-refractivity contribution in [2.24, 2.45) is 0 Å². The zero-order valence-electron chi connectivity index (χ0n) is 8.83. The Balaban J connectivity index is 2.29. The number of hydrogen-bond acceptors (Lipinski definition) is 2. The van der Waals surface area contributed by atoms with E-state index in [2.05, 4.69) is 5.32 Å². The molecule has 0 amide bonds. The summed E-state index contributed by atoms with van der Waals surface area (Å²) < 4.78 is 15.8. The SMILES string of the molecule is Oc1cc(F)c2c(c1)cc1n2CCNCC1. The topological polar surface area (TPSA) is 37.2 Å². The van der Waals surface area contributed by atoms with Crippen LogP contribution in [0.5, 0.6) is 5.75 Å². The van der Waals surface area contributed by atoms with Crippen LogP contribution in [0.15, 0.2) is 18.2 Å². The summed E-state index contributed by atoms with van der Waals surface area (Å²) in [7, 11) is 0. The van der Waals surface area contributed by atoms with E-state index in [4.69, 9.17) is 0 Å². The van der Waals surface area contributed by atoms with Crippen LogP contribution in [0.2, 0.25) is 0 Å². The molecule has 0 bridgehead atoms. The number of aromatic hydroxyl groups is 1. The molecule has 2 N–H and O–H groups in total. The number of fused-ring (bicyclic) bond motifs is 3. The molecule has 4 heteroatoms. The van der Waals surface area contributed by atoms with E-state index in [0.29, 0.717) is 5.52 Å². The molecule has 16 heavy (non-hydrogen) atoms. The molecule has 0 spiro atoms. The van der Waals surface area contributed by atoms with Gasteiger partial charge < -0.3 is 15.0 Å². The standard InChI is InChI=1S/C12H13FN2O/c13-11-7-10(16)6-8-5-9-1-2-14-3-4-15(9)12(8)11/h5-7,14,16H,1-4H2. The van der Waals surface area contributed by atoms with Gasteiger partial charge in [-0.25, -0.2) is 4.39 Å². The monoisotopic (exact) mass is 220 g/mol. The van der Waals surface area contributed by atoms with Crippen molar-refractivity contribution in [3.05, 3.63) is 29.7 Å². The smallest absolute Gasteiger partial charge is 0.151 e. The van der Waals surface area contributed by atoms with E-state index < -0.39 is 0 Å². The first-order valence-corrected chi connectivity index (χ1v) is 5.47. The summed E-state index contributed by atoms with van der Waals surface area (Å²) in [4.78, 5) is 0. The van der Waals surface area contributed by atoms with Gasteiger partial charge in [-0.3, -0.25) is 0 Å². The second-order valence-corrected chi connectivity index (χ2v) is 4.15. The lowest BCUT2D eigenvalue weighted by Crippen LogP contribution is -2.17. The minimum atomic E-state index is -0.344. The molecule has 84 valence electrons. The molecule has 1 aliphatic heterocycles. The van der Waals surface area contributed by atoms with E-state index in [1.165, 1.54) is 6.07 Å². The molecule has 0 aliphatic carbocycles. The van der Waals surface area contributed by atoms with Crippen LogP contribution in [0.1, 0.15) is 5.69 Å². The summed E-state index contributed by atoms with van der Waals surface area (Å²) in [5.74, 6) is -0.355. The van der Waals surface area contributed by atoms with Gasteiger partial charge in [0.1, 0.15) is 5.75 Å². The number of nitrogens with zero attached hydrogens (tertiary/aromatic N) is 1. The molecule has 3 nitrogen and oxygen atoms in total. The molecular weight excluding hydrogens is 207 g/mol. The van der Waals surface area contributed by atoms with Gasteiger partial charge >= 0.3 is 0 Å². The van der Waals surface area contributed by atoms with Crippen molar-refractivity contribution in [2.75, 3.05) is 13.1 Å². The lowest BCUT2D eigenvalue weighted by atomic mass is 10.2. The first-order chi connectivity index (χ1) is 7.75. The Morgan fingerprint density at radius 3 is 3.00 bits per heavy atom. The van der Waals surface area contributed by atoms with Crippen molar-refractivity contribution in [1.82, 2.24) is 9.88 Å². The average Bonchev–Trinajstić information content (AvgIpc) is 2.42. The maximum Gasteiger partial charge on any atom is 0.151 e. The number of phenolic OH excluding ortho intramolecular Hbond substituents is 1. The van der Waals surface area contributed by atoms with Crippen LogP contribution < -0.4 is 5.32 Å². The highest BCUT2D eigenvalue weighted by molar-refractivity contribution is 5.83. The fraction of sp³-hybridized carbons (Fsp3) is 0.333. The van der Waals surface area contributed by atoms with Crippen LogP contribution in [-0.2, 0) is 13.0 Å². The van der Waals surface area contributed by atoms with Gasteiger partial charge in [0.15, 0.2) is 5.82 Å². The van der Waals surface area contributed by atoms with Gasteiger partial charge in [0.2, 0.25) is 0 Å². The van der Waals surface area contributed by atoms with Crippen molar-refractivity contribution in [3.63, 3.8) is 0 Å². The summed E-state index contributed by atoms with van der Waals surface area (Å²) in [6, 6.07) is 4.76. The molecule has 0 atom stereocenters. The molecule has 0 saturated carbocycles. The highest BCUT2D eigenvalue weighted by Gasteiger charge is 2.15. The quantitative estimate of drug-likeness (QED) is 0.708. The largest absolute Gasteiger partial charge is 0.508 e. The summed E-state index contributed by atoms with van der Waals surface area (Å²) in [6.07, 6.45) is 0.898. The molecule has 1 aromatic carbocycles. The van der Waals surface area contributed by atoms with Crippen LogP contribution in [0.4, 0.5) is 4.39 Å². The number of hydrogen-bond donors (Lipinski definition) is 2. The van der Waals surface area contributed by atoms with Gasteiger partial charge in [0.25, 0.3) is 0 Å². The zero-order valence-corrected chi connectivity index (χ0v) is 8.83. The molecule has 1 aromatic heterocycles. The van der Waals surface area contributed by atoms with Crippen LogP contribution in [0, 0.1) is 5.82 Å². The average molecular weight is 220 g/mol. The number of nitrogens with one attached hydrogen (secondary N) is 1. The summed E-state index contributed by atoms with van der Waals surface area (Å²) >= 11 is 0. The normalized spacial score (nSPS) is 16.1. The van der Waals surface area contributed by atoms with E-state index in [9.17, 15) is 9.50 Å². The van der Waals surface area contributed by atoms with E-state index >= 15 is 0 Å². The number of rotatable bonds is 0. The van der Waals surface area contributed by atoms with Gasteiger partial charge in [0.05, 0.1) is 5.52 Å². The zero-order chi connectivity index (χ0) is 11.1. The summed E-state index contributed by atoms with van der Waals surface area (Å²) in [5.41, 5.74) is 1.74. The Bertz CT molecular complexity index is 547. The molecule has 3 rings (SSSR count). The second-order valence-electron chi connectivity index (χ2n) is 4.15. The summed E-state index contributed by atoms with van der Waals surface area (Å²) in [6.45, 7) is 2.56. The van der Waals surface area contributed by atoms with Crippen LogP contribution in [-0.4, -0.2) is 22.8 Å². The van der Waals surface area contributed by atoms with E-state index in [-0.39, 0.29) is 11.6 Å². The first-order valence-electron chi connectivity index (χ1n) is 5.47. The van der Waals surface area contributed by atoms with Crippen molar-refractivity contribution >= 4 is 10.9 Å². The maximum atomic E-state index is 13.8.